The smallest absolute Gasteiger partial charge is 0.191 e. The highest BCUT2D eigenvalue weighted by Crippen LogP contribution is 2.22. The molecule has 0 aromatic rings. The number of unbranched alkanes of at least 4 members (excludes halogenated alkanes) is 2. The molecule has 40 heavy (non-hydrogen) atoms. The lowest BCUT2D eigenvalue weighted by Crippen LogP contribution is -2.48. The Labute approximate surface area is 248 Å². The fourth-order valence-corrected chi connectivity index (χ4v) is 6.18. The van der Waals surface area contributed by atoms with E-state index in [0.717, 1.165) is 19.0 Å². The van der Waals surface area contributed by atoms with Gasteiger partial charge in [0.1, 0.15) is 0 Å². The van der Waals surface area contributed by atoms with Crippen molar-refractivity contribution in [3.8, 4) is 0 Å². The van der Waals surface area contributed by atoms with Crippen molar-refractivity contribution in [1.29, 1.82) is 0 Å². The van der Waals surface area contributed by atoms with E-state index >= 15 is 0 Å². The van der Waals surface area contributed by atoms with Gasteiger partial charge in [0.25, 0.3) is 0 Å². The first-order valence-corrected chi connectivity index (χ1v) is 17.7. The Balaban J connectivity index is 0.000000247. The fraction of sp³-hybridized carbons (Fsp3) is 0.941. The highest BCUT2D eigenvalue weighted by Gasteiger charge is 2.18. The third-order valence-corrected chi connectivity index (χ3v) is 8.86. The van der Waals surface area contributed by atoms with Crippen molar-refractivity contribution in [3.63, 3.8) is 0 Å². The SMILES string of the molecule is C(=NC1CCCCC1)=NC1CCCCC1.CCCCN.CCCCN=C(NC1CCCCC1)NC1CCCCC1. The molecule has 0 unspecified atom stereocenters. The molecule has 4 N–H and O–H groups in total. The lowest BCUT2D eigenvalue weighted by atomic mass is 9.95. The first-order chi connectivity index (χ1) is 19.7. The maximum atomic E-state index is 5.14. The Morgan fingerprint density at radius 2 is 1.00 bits per heavy atom. The second-order valence-electron chi connectivity index (χ2n) is 12.6. The molecule has 0 atom stereocenters. The average molecular weight is 559 g/mol. The van der Waals surface area contributed by atoms with Crippen LogP contribution in [0.2, 0.25) is 0 Å². The van der Waals surface area contributed by atoms with Crippen molar-refractivity contribution in [3.05, 3.63) is 0 Å². The number of nitrogens with one attached hydrogen (secondary N) is 2. The Hall–Kier alpha value is -1.39. The van der Waals surface area contributed by atoms with Crippen LogP contribution in [0, 0.1) is 0 Å². The summed E-state index contributed by atoms with van der Waals surface area (Å²) in [7, 11) is 0. The molecule has 0 amide bonds. The first kappa shape index (κ1) is 34.8. The summed E-state index contributed by atoms with van der Waals surface area (Å²) >= 11 is 0. The lowest BCUT2D eigenvalue weighted by Gasteiger charge is -2.29. The Morgan fingerprint density at radius 3 is 1.35 bits per heavy atom. The van der Waals surface area contributed by atoms with Gasteiger partial charge >= 0.3 is 0 Å². The van der Waals surface area contributed by atoms with Crippen molar-refractivity contribution in [2.75, 3.05) is 13.1 Å². The van der Waals surface area contributed by atoms with E-state index in [-0.39, 0.29) is 0 Å². The number of rotatable bonds is 9. The second kappa shape index (κ2) is 24.2. The molecule has 0 spiro atoms. The zero-order chi connectivity index (χ0) is 28.5. The van der Waals surface area contributed by atoms with Gasteiger partial charge in [-0.2, -0.15) is 0 Å². The summed E-state index contributed by atoms with van der Waals surface area (Å²) in [5, 5.41) is 7.40. The molecule has 0 aromatic heterocycles. The zero-order valence-corrected chi connectivity index (χ0v) is 26.6. The molecule has 4 saturated carbocycles. The van der Waals surface area contributed by atoms with Crippen LogP contribution in [0.5, 0.6) is 0 Å². The largest absolute Gasteiger partial charge is 0.354 e. The number of guanidine groups is 1. The van der Waals surface area contributed by atoms with E-state index < -0.39 is 0 Å². The standard InChI is InChI=1S/C17H33N3.C13H22N2.C4H11N/c1-2-3-14-18-17(19-15-10-6-4-7-11-15)20-16-12-8-5-9-13-16;1-3-7-12(8-4-1)14-11-15-13-9-5-2-6-10-13;1-2-3-4-5/h15-16H,2-14H2,1H3,(H2,18,19,20);12-13H,1-10H2;2-5H2,1H3. The molecule has 232 valence electrons. The maximum absolute atomic E-state index is 5.14. The number of hydrogen-bond donors (Lipinski definition) is 3. The van der Waals surface area contributed by atoms with Crippen molar-refractivity contribution < 1.29 is 0 Å². The van der Waals surface area contributed by atoms with Crippen molar-refractivity contribution in [2.45, 2.75) is 192 Å². The second-order valence-corrected chi connectivity index (χ2v) is 12.6. The summed E-state index contributed by atoms with van der Waals surface area (Å²) in [6, 6.07) is 5.35. The highest BCUT2D eigenvalue weighted by atomic mass is 15.2. The van der Waals surface area contributed by atoms with E-state index in [1.807, 2.05) is 0 Å². The first-order valence-electron chi connectivity index (χ1n) is 17.7. The summed E-state index contributed by atoms with van der Waals surface area (Å²) in [6.07, 6.45) is 31.6. The van der Waals surface area contributed by atoms with Crippen LogP contribution in [0.15, 0.2) is 15.0 Å². The van der Waals surface area contributed by atoms with Crippen LogP contribution >= 0.6 is 0 Å². The molecule has 4 fully saturated rings. The molecular weight excluding hydrogens is 492 g/mol. The summed E-state index contributed by atoms with van der Waals surface area (Å²) in [5.41, 5.74) is 5.14. The molecule has 4 aliphatic carbocycles. The van der Waals surface area contributed by atoms with Crippen LogP contribution in [0.25, 0.3) is 0 Å². The minimum atomic E-state index is 0.533. The Kier molecular flexibility index (Phi) is 21.1. The van der Waals surface area contributed by atoms with Crippen LogP contribution in [-0.2, 0) is 0 Å². The van der Waals surface area contributed by atoms with Gasteiger partial charge in [-0.15, -0.1) is 0 Å². The summed E-state index contributed by atoms with van der Waals surface area (Å²) < 4.78 is 0. The molecule has 6 heteroatoms. The summed E-state index contributed by atoms with van der Waals surface area (Å²) in [6.45, 7) is 6.17. The monoisotopic (exact) mass is 559 g/mol. The van der Waals surface area contributed by atoms with E-state index in [2.05, 4.69) is 40.5 Å². The molecule has 0 aliphatic heterocycles. The van der Waals surface area contributed by atoms with Crippen LogP contribution < -0.4 is 16.4 Å². The van der Waals surface area contributed by atoms with Crippen LogP contribution in [-0.4, -0.2) is 49.2 Å². The quantitative estimate of drug-likeness (QED) is 0.150. The van der Waals surface area contributed by atoms with Crippen LogP contribution in [0.4, 0.5) is 0 Å². The van der Waals surface area contributed by atoms with E-state index in [9.17, 15) is 0 Å². The molecule has 4 rings (SSSR count). The predicted molar refractivity (Wildman–Crippen MR) is 175 cm³/mol. The molecule has 0 bridgehead atoms. The minimum absolute atomic E-state index is 0.533. The van der Waals surface area contributed by atoms with Crippen molar-refractivity contribution in [1.82, 2.24) is 10.6 Å². The normalized spacial score (nSPS) is 21.0. The Bertz CT molecular complexity index is 616. The van der Waals surface area contributed by atoms with Gasteiger partial charge in [0.15, 0.2) is 5.96 Å². The Morgan fingerprint density at radius 1 is 0.600 bits per heavy atom. The molecule has 4 aliphatic rings. The van der Waals surface area contributed by atoms with Gasteiger partial charge in [0, 0.05) is 18.6 Å². The third kappa shape index (κ3) is 17.4. The number of nitrogens with two attached hydrogens (primary N) is 1. The molecule has 0 radical (unpaired) electrons. The molecule has 0 aromatic carbocycles. The summed E-state index contributed by atoms with van der Waals surface area (Å²) in [4.78, 5) is 13.7. The van der Waals surface area contributed by atoms with Crippen molar-refractivity contribution in [2.24, 2.45) is 20.7 Å². The number of aliphatic imine (C=N–C) groups is 3. The summed E-state index contributed by atoms with van der Waals surface area (Å²) in [5.74, 6) is 1.09. The van der Waals surface area contributed by atoms with E-state index in [1.165, 1.54) is 154 Å². The minimum Gasteiger partial charge on any atom is -0.354 e. The highest BCUT2D eigenvalue weighted by molar-refractivity contribution is 5.80. The van der Waals surface area contributed by atoms with Crippen molar-refractivity contribution >= 4 is 12.0 Å². The van der Waals surface area contributed by atoms with Gasteiger partial charge in [-0.1, -0.05) is 104 Å². The molecular formula is C34H66N6. The molecule has 6 nitrogen and oxygen atoms in total. The van der Waals surface area contributed by atoms with Gasteiger partial charge in [0.05, 0.1) is 18.1 Å². The zero-order valence-electron chi connectivity index (χ0n) is 26.6. The third-order valence-electron chi connectivity index (χ3n) is 8.86. The van der Waals surface area contributed by atoms with Gasteiger partial charge in [-0.25, -0.2) is 9.98 Å². The van der Waals surface area contributed by atoms with Crippen LogP contribution in [0.1, 0.15) is 168 Å². The van der Waals surface area contributed by atoms with Gasteiger partial charge in [-0.05, 0) is 70.8 Å². The van der Waals surface area contributed by atoms with Gasteiger partial charge in [0.2, 0.25) is 0 Å². The average Bonchev–Trinajstić information content (AvgIpc) is 3.00. The van der Waals surface area contributed by atoms with E-state index in [4.69, 9.17) is 10.7 Å². The maximum Gasteiger partial charge on any atom is 0.191 e. The lowest BCUT2D eigenvalue weighted by molar-refractivity contribution is 0.388. The van der Waals surface area contributed by atoms with Gasteiger partial charge < -0.3 is 16.4 Å². The fourth-order valence-electron chi connectivity index (χ4n) is 6.18. The van der Waals surface area contributed by atoms with E-state index in [0.29, 0.717) is 24.2 Å². The van der Waals surface area contributed by atoms with E-state index in [1.54, 1.807) is 0 Å². The van der Waals surface area contributed by atoms with Crippen LogP contribution in [0.3, 0.4) is 0 Å². The number of hydrogen-bond acceptors (Lipinski definition) is 4. The predicted octanol–water partition coefficient (Wildman–Crippen LogP) is 8.56. The molecule has 0 heterocycles. The van der Waals surface area contributed by atoms with Gasteiger partial charge in [-0.3, -0.25) is 4.99 Å². The number of nitrogens with zero attached hydrogens (tertiary/aromatic N) is 3. The molecule has 0 saturated heterocycles. The topological polar surface area (TPSA) is 87.2 Å².